The molecule has 5 heteroatoms. The van der Waals surface area contributed by atoms with Crippen LogP contribution in [0.2, 0.25) is 0 Å². The first-order valence-corrected chi connectivity index (χ1v) is 4.20. The van der Waals surface area contributed by atoms with Crippen LogP contribution in [-0.4, -0.2) is 18.9 Å². The van der Waals surface area contributed by atoms with Gasteiger partial charge in [0.25, 0.3) is 0 Å². The molecule has 0 aliphatic carbocycles. The fourth-order valence-corrected chi connectivity index (χ4v) is 0.611. The van der Waals surface area contributed by atoms with E-state index in [-0.39, 0.29) is 0 Å². The van der Waals surface area contributed by atoms with Crippen LogP contribution in [0.15, 0.2) is 0 Å². The van der Waals surface area contributed by atoms with Crippen molar-refractivity contribution >= 4 is 8.72 Å². The molecule has 4 nitrogen and oxygen atoms in total. The van der Waals surface area contributed by atoms with Gasteiger partial charge in [0.15, 0.2) is 0 Å². The number of carbonyl (C=O) groups is 2. The molecular weight excluding hydrogens is 272 g/mol. The standard InChI is InChI=1S/2CHO2.W/c2*2-1-3;/h2*(H,2,3);. The molecule has 0 heterocycles. The predicted octanol–water partition coefficient (Wildman–Crippen LogP) is 0.425. The Morgan fingerprint density at radius 3 is 1.43 bits per heavy atom. The van der Waals surface area contributed by atoms with Gasteiger partial charge in [0.05, 0.1) is 0 Å². The van der Waals surface area contributed by atoms with Crippen molar-refractivity contribution in [2.75, 3.05) is 0 Å². The van der Waals surface area contributed by atoms with Crippen molar-refractivity contribution in [3.63, 3.8) is 0 Å². The fraction of sp³-hybridized carbons (Fsp3) is 0. The summed E-state index contributed by atoms with van der Waals surface area (Å²) in [4.78, 5) is 19.0. The summed E-state index contributed by atoms with van der Waals surface area (Å²) in [6.45, 7) is 0. The quantitative estimate of drug-likeness (QED) is 0.765. The van der Waals surface area contributed by atoms with Crippen LogP contribution >= 0.6 is 0 Å². The normalized spacial score (nSPS) is 8.00. The zero-order valence-corrected chi connectivity index (χ0v) is 6.05. The average Bonchev–Trinajstić information content (AvgIpc) is 1.27. The maximum atomic E-state index is 9.50. The molecule has 0 aliphatic rings. The van der Waals surface area contributed by atoms with Crippen molar-refractivity contribution < 1.29 is 38.4 Å². The monoisotopic (exact) mass is 274 g/mol. The Labute approximate surface area is 47.7 Å². The second-order valence-corrected chi connectivity index (χ2v) is 3.88. The summed E-state index contributed by atoms with van der Waals surface area (Å²) in [6, 6.07) is 0. The van der Waals surface area contributed by atoms with Gasteiger partial charge in [0, 0.05) is 0 Å². The second kappa shape index (κ2) is 2.74. The van der Waals surface area contributed by atoms with Crippen LogP contribution in [0.25, 0.3) is 0 Å². The van der Waals surface area contributed by atoms with Gasteiger partial charge in [-0.15, -0.1) is 0 Å². The zero-order valence-electron chi connectivity index (χ0n) is 3.12. The molecule has 0 aromatic carbocycles. The van der Waals surface area contributed by atoms with Crippen molar-refractivity contribution in [3.05, 3.63) is 0 Å². The first-order chi connectivity index (χ1) is 3.13. The first kappa shape index (κ1) is 6.63. The Kier molecular flexibility index (Phi) is 2.60. The van der Waals surface area contributed by atoms with E-state index in [1.165, 1.54) is 0 Å². The number of rotatable bonds is 2. The van der Waals surface area contributed by atoms with Crippen LogP contribution < -0.4 is 0 Å². The van der Waals surface area contributed by atoms with E-state index in [0.29, 0.717) is 0 Å². The molecule has 0 bridgehead atoms. The van der Waals surface area contributed by atoms with Gasteiger partial charge in [-0.25, -0.2) is 0 Å². The fourth-order valence-electron chi connectivity index (χ4n) is 0.0747. The third-order valence-electron chi connectivity index (χ3n) is 0.175. The van der Waals surface area contributed by atoms with Gasteiger partial charge in [0.1, 0.15) is 0 Å². The van der Waals surface area contributed by atoms with Gasteiger partial charge in [-0.3, -0.25) is 0 Å². The minimum atomic E-state index is -2.10. The molecule has 0 atom stereocenters. The minimum absolute atomic E-state index is 1.15. The van der Waals surface area contributed by atoms with Crippen LogP contribution in [0.4, 0.5) is 9.59 Å². The van der Waals surface area contributed by atoms with E-state index in [2.05, 4.69) is 0 Å². The van der Waals surface area contributed by atoms with Gasteiger partial charge < -0.3 is 0 Å². The van der Waals surface area contributed by atoms with Crippen LogP contribution in [0.3, 0.4) is 0 Å². The van der Waals surface area contributed by atoms with Crippen LogP contribution in [0.1, 0.15) is 0 Å². The molecule has 0 spiro atoms. The molecule has 0 saturated carbocycles. The van der Waals surface area contributed by atoms with E-state index in [0.717, 1.165) is 0 Å². The number of hydrogen-bond donors (Lipinski definition) is 2. The summed E-state index contributed by atoms with van der Waals surface area (Å²) in [5.41, 5.74) is 0. The van der Waals surface area contributed by atoms with Crippen LogP contribution in [0, 0.1) is 0 Å². The molecule has 0 aromatic heterocycles. The van der Waals surface area contributed by atoms with Crippen LogP contribution in [0.5, 0.6) is 0 Å². The summed E-state index contributed by atoms with van der Waals surface area (Å²) in [6.07, 6.45) is 0. The summed E-state index contributed by atoms with van der Waals surface area (Å²) in [5, 5.41) is 15.6. The Morgan fingerprint density at radius 1 is 1.14 bits per heavy atom. The Hall–Kier alpha value is -0.372. The van der Waals surface area contributed by atoms with Crippen LogP contribution in [-0.2, 0) is 18.6 Å². The summed E-state index contributed by atoms with van der Waals surface area (Å²) < 4.78 is -2.29. The SMILES string of the molecule is O=[C](O)[W][C](=O)O. The van der Waals surface area contributed by atoms with Gasteiger partial charge in [-0.05, 0) is 0 Å². The zero-order chi connectivity index (χ0) is 5.86. The average molecular weight is 274 g/mol. The van der Waals surface area contributed by atoms with Crippen molar-refractivity contribution in [1.82, 2.24) is 0 Å². The van der Waals surface area contributed by atoms with Gasteiger partial charge in [-0.1, -0.05) is 0 Å². The van der Waals surface area contributed by atoms with Gasteiger partial charge in [0.2, 0.25) is 0 Å². The molecule has 0 fully saturated rings. The molecule has 0 saturated heterocycles. The third kappa shape index (κ3) is 5.63. The molecule has 0 unspecified atom stereocenters. The second-order valence-electron chi connectivity index (χ2n) is 0.634. The number of carboxylic acid groups (broad SMARTS) is 2. The third-order valence-corrected chi connectivity index (χ3v) is 1.43. The Morgan fingerprint density at radius 2 is 1.43 bits per heavy atom. The Bertz CT molecular complexity index is 85.9. The molecular formula is C2H2O4W. The van der Waals surface area contributed by atoms with E-state index in [1.54, 1.807) is 0 Å². The maximum absolute atomic E-state index is 9.50. The van der Waals surface area contributed by atoms with Gasteiger partial charge in [-0.2, -0.15) is 0 Å². The molecule has 0 rings (SSSR count). The molecule has 7 heavy (non-hydrogen) atoms. The molecule has 2 N–H and O–H groups in total. The van der Waals surface area contributed by atoms with E-state index >= 15 is 0 Å². The first-order valence-electron chi connectivity index (χ1n) is 1.26. The molecule has 0 aliphatic heterocycles. The Balaban J connectivity index is 3.32. The van der Waals surface area contributed by atoms with E-state index < -0.39 is 27.3 Å². The number of hydrogen-bond acceptors (Lipinski definition) is 2. The molecule has 0 amide bonds. The van der Waals surface area contributed by atoms with E-state index in [1.807, 2.05) is 0 Å². The molecule has 0 aromatic rings. The summed E-state index contributed by atoms with van der Waals surface area (Å²) in [5.74, 6) is 0. The van der Waals surface area contributed by atoms with E-state index in [9.17, 15) is 9.59 Å². The van der Waals surface area contributed by atoms with Crippen molar-refractivity contribution in [2.24, 2.45) is 0 Å². The van der Waals surface area contributed by atoms with Gasteiger partial charge >= 0.3 is 47.1 Å². The summed E-state index contributed by atoms with van der Waals surface area (Å²) in [7, 11) is 0. The molecule has 0 radical (unpaired) electrons. The molecule has 40 valence electrons. The van der Waals surface area contributed by atoms with Crippen molar-refractivity contribution in [1.29, 1.82) is 0 Å². The summed E-state index contributed by atoms with van der Waals surface area (Å²) >= 11 is -2.10. The predicted molar refractivity (Wildman–Crippen MR) is 16.0 cm³/mol. The van der Waals surface area contributed by atoms with E-state index in [4.69, 9.17) is 10.2 Å². The van der Waals surface area contributed by atoms with Crippen molar-refractivity contribution in [2.45, 2.75) is 0 Å². The topological polar surface area (TPSA) is 74.6 Å². The van der Waals surface area contributed by atoms with Crippen molar-refractivity contribution in [3.8, 4) is 0 Å².